The van der Waals surface area contributed by atoms with Crippen LogP contribution in [-0.4, -0.2) is 65.5 Å². The van der Waals surface area contributed by atoms with E-state index >= 15 is 0 Å². The average Bonchev–Trinajstić information content (AvgIpc) is 3.25. The molecule has 0 saturated carbocycles. The number of carbonyl (C=O) groups excluding carboxylic acids is 1. The van der Waals surface area contributed by atoms with Gasteiger partial charge in [0.2, 0.25) is 0 Å². The smallest absolute Gasteiger partial charge is 0.265 e. The van der Waals surface area contributed by atoms with Crippen LogP contribution in [0.25, 0.3) is 0 Å². The van der Waals surface area contributed by atoms with Gasteiger partial charge in [0.05, 0.1) is 6.04 Å². The molecule has 3 saturated heterocycles. The third kappa shape index (κ3) is 6.39. The van der Waals surface area contributed by atoms with E-state index in [1.165, 1.54) is 55.2 Å². The predicted octanol–water partition coefficient (Wildman–Crippen LogP) is 5.97. The van der Waals surface area contributed by atoms with Gasteiger partial charge < -0.3 is 0 Å². The summed E-state index contributed by atoms with van der Waals surface area (Å²) in [5.41, 5.74) is 7.95. The lowest BCUT2D eigenvalue weighted by Gasteiger charge is -2.46. The monoisotopic (exact) mass is 514 g/mol. The summed E-state index contributed by atoms with van der Waals surface area (Å²) >= 11 is 0. The van der Waals surface area contributed by atoms with E-state index < -0.39 is 0 Å². The summed E-state index contributed by atoms with van der Waals surface area (Å²) in [6.07, 6.45) is 12.9. The minimum atomic E-state index is 0.00897. The second-order valence-corrected chi connectivity index (χ2v) is 11.5. The second-order valence-electron chi connectivity index (χ2n) is 11.5. The Labute approximate surface area is 229 Å². The minimum Gasteiger partial charge on any atom is -0.298 e. The maximum Gasteiger partial charge on any atom is 0.265 e. The Balaban J connectivity index is 1.44. The largest absolute Gasteiger partial charge is 0.298 e. The standard InChI is InChI=1S/C33H46N4O/c1-3-20-35-23-19-30-13-10-14-31(25-35)37(30)32(29-12-9-11-26(4-2)24-29)27-15-17-28(18-16-27)33(38)34-36-21-7-5-6-8-22-36/h3,9,11-12,15-18,24,30-32H,1,4-8,10,13-14,19-23,25H2,2H3,(H,34,38). The van der Waals surface area contributed by atoms with Crippen LogP contribution in [0.4, 0.5) is 0 Å². The van der Waals surface area contributed by atoms with Crippen molar-refractivity contribution in [1.29, 1.82) is 0 Å². The van der Waals surface area contributed by atoms with E-state index in [1.54, 1.807) is 0 Å². The number of hydrogen-bond acceptors (Lipinski definition) is 4. The van der Waals surface area contributed by atoms with Gasteiger partial charge in [-0.05, 0) is 67.3 Å². The van der Waals surface area contributed by atoms with Crippen LogP contribution in [-0.2, 0) is 6.42 Å². The Morgan fingerprint density at radius 2 is 1.71 bits per heavy atom. The van der Waals surface area contributed by atoms with Crippen molar-refractivity contribution >= 4 is 5.91 Å². The van der Waals surface area contributed by atoms with Gasteiger partial charge in [-0.25, -0.2) is 5.01 Å². The lowest BCUT2D eigenvalue weighted by atomic mass is 9.87. The molecule has 3 fully saturated rings. The molecule has 3 heterocycles. The van der Waals surface area contributed by atoms with Gasteiger partial charge in [0, 0.05) is 50.4 Å². The fourth-order valence-corrected chi connectivity index (χ4v) is 6.88. The number of rotatable bonds is 8. The molecule has 3 aliphatic rings. The summed E-state index contributed by atoms with van der Waals surface area (Å²) in [5, 5.41) is 2.11. The predicted molar refractivity (Wildman–Crippen MR) is 156 cm³/mol. The van der Waals surface area contributed by atoms with E-state index in [4.69, 9.17) is 0 Å². The lowest BCUT2D eigenvalue weighted by Crippen LogP contribution is -2.50. The van der Waals surface area contributed by atoms with Crippen LogP contribution in [0, 0.1) is 0 Å². The summed E-state index contributed by atoms with van der Waals surface area (Å²) in [4.78, 5) is 18.5. The molecule has 1 N–H and O–H groups in total. The van der Waals surface area contributed by atoms with Crippen LogP contribution in [0.1, 0.15) is 91.4 Å². The number of piperidine rings is 1. The van der Waals surface area contributed by atoms with Crippen molar-refractivity contribution in [3.63, 3.8) is 0 Å². The molecule has 0 spiro atoms. The van der Waals surface area contributed by atoms with Gasteiger partial charge in [-0.1, -0.05) is 68.7 Å². The first-order valence-corrected chi connectivity index (χ1v) is 15.0. The molecule has 3 atom stereocenters. The number of benzene rings is 2. The molecule has 204 valence electrons. The molecule has 5 rings (SSSR count). The van der Waals surface area contributed by atoms with Crippen LogP contribution >= 0.6 is 0 Å². The highest BCUT2D eigenvalue weighted by Crippen LogP contribution is 2.40. The Kier molecular flexibility index (Phi) is 9.31. The summed E-state index contributed by atoms with van der Waals surface area (Å²) in [6, 6.07) is 19.0. The first-order valence-electron chi connectivity index (χ1n) is 15.0. The van der Waals surface area contributed by atoms with Crippen molar-refractivity contribution in [1.82, 2.24) is 20.2 Å². The SMILES string of the molecule is C=CCN1CCC2CCCC(C1)N2C(c1ccc(C(=O)NN2CCCCCC2)cc1)c1cccc(CC)c1. The van der Waals surface area contributed by atoms with Crippen molar-refractivity contribution < 1.29 is 4.79 Å². The molecular formula is C33H46N4O. The molecule has 0 aliphatic carbocycles. The lowest BCUT2D eigenvalue weighted by molar-refractivity contribution is 0.0562. The van der Waals surface area contributed by atoms with E-state index in [2.05, 4.69) is 76.2 Å². The summed E-state index contributed by atoms with van der Waals surface area (Å²) in [6.45, 7) is 11.3. The summed E-state index contributed by atoms with van der Waals surface area (Å²) in [7, 11) is 0. The highest BCUT2D eigenvalue weighted by atomic mass is 16.2. The van der Waals surface area contributed by atoms with Crippen LogP contribution in [0.15, 0.2) is 61.2 Å². The number of carbonyl (C=O) groups is 1. The molecule has 38 heavy (non-hydrogen) atoms. The van der Waals surface area contributed by atoms with E-state index in [1.807, 2.05) is 12.1 Å². The van der Waals surface area contributed by atoms with Crippen LogP contribution in [0.2, 0.25) is 0 Å². The quantitative estimate of drug-likeness (QED) is 0.440. The number of aryl methyl sites for hydroxylation is 1. The Morgan fingerprint density at radius 3 is 2.45 bits per heavy atom. The third-order valence-corrected chi connectivity index (χ3v) is 8.88. The molecule has 1 amide bonds. The number of nitrogens with one attached hydrogen (secondary N) is 1. The Bertz CT molecular complexity index is 1060. The molecule has 5 nitrogen and oxygen atoms in total. The number of amides is 1. The fourth-order valence-electron chi connectivity index (χ4n) is 6.88. The van der Waals surface area contributed by atoms with Gasteiger partial charge in [0.25, 0.3) is 5.91 Å². The maximum absolute atomic E-state index is 13.1. The zero-order valence-corrected chi connectivity index (χ0v) is 23.3. The van der Waals surface area contributed by atoms with Gasteiger partial charge in [0.1, 0.15) is 0 Å². The van der Waals surface area contributed by atoms with Crippen molar-refractivity contribution in [3.8, 4) is 0 Å². The van der Waals surface area contributed by atoms with Crippen molar-refractivity contribution in [2.45, 2.75) is 82.8 Å². The molecule has 5 heteroatoms. The van der Waals surface area contributed by atoms with Crippen molar-refractivity contribution in [3.05, 3.63) is 83.4 Å². The fraction of sp³-hybridized carbons (Fsp3) is 0.545. The molecule has 3 aliphatic heterocycles. The van der Waals surface area contributed by atoms with Crippen LogP contribution < -0.4 is 5.43 Å². The summed E-state index contributed by atoms with van der Waals surface area (Å²) < 4.78 is 0. The zero-order valence-electron chi connectivity index (χ0n) is 23.3. The molecule has 0 aromatic heterocycles. The Hall–Kier alpha value is -2.47. The second kappa shape index (κ2) is 13.1. The number of hydrazine groups is 1. The first-order chi connectivity index (χ1) is 18.7. The highest BCUT2D eigenvalue weighted by Gasteiger charge is 2.39. The van der Waals surface area contributed by atoms with Crippen molar-refractivity contribution in [2.75, 3.05) is 32.7 Å². The van der Waals surface area contributed by atoms with Gasteiger partial charge in [-0.15, -0.1) is 6.58 Å². The zero-order chi connectivity index (χ0) is 26.3. The molecule has 0 radical (unpaired) electrons. The molecule has 2 aromatic rings. The molecule has 2 aromatic carbocycles. The topological polar surface area (TPSA) is 38.8 Å². The third-order valence-electron chi connectivity index (χ3n) is 8.88. The summed E-state index contributed by atoms with van der Waals surface area (Å²) in [5.74, 6) is 0.00897. The van der Waals surface area contributed by atoms with Crippen LogP contribution in [0.5, 0.6) is 0 Å². The molecular weight excluding hydrogens is 468 g/mol. The van der Waals surface area contributed by atoms with Crippen molar-refractivity contribution in [2.24, 2.45) is 0 Å². The maximum atomic E-state index is 13.1. The van der Waals surface area contributed by atoms with Crippen LogP contribution in [0.3, 0.4) is 0 Å². The van der Waals surface area contributed by atoms with E-state index in [0.29, 0.717) is 12.1 Å². The van der Waals surface area contributed by atoms with Gasteiger partial charge in [0.15, 0.2) is 0 Å². The highest BCUT2D eigenvalue weighted by molar-refractivity contribution is 5.93. The van der Waals surface area contributed by atoms with Gasteiger partial charge in [-0.3, -0.25) is 20.0 Å². The van der Waals surface area contributed by atoms with Gasteiger partial charge in [-0.2, -0.15) is 0 Å². The average molecular weight is 515 g/mol. The molecule has 3 unspecified atom stereocenters. The normalized spacial score (nSPS) is 24.2. The molecule has 2 bridgehead atoms. The number of fused-ring (bicyclic) bond motifs is 2. The minimum absolute atomic E-state index is 0.00897. The van der Waals surface area contributed by atoms with E-state index in [0.717, 1.165) is 57.5 Å². The van der Waals surface area contributed by atoms with E-state index in [9.17, 15) is 4.79 Å². The Morgan fingerprint density at radius 1 is 0.947 bits per heavy atom. The number of hydrogen-bond donors (Lipinski definition) is 1. The van der Waals surface area contributed by atoms with Gasteiger partial charge >= 0.3 is 0 Å². The van der Waals surface area contributed by atoms with E-state index in [-0.39, 0.29) is 11.9 Å². The first kappa shape index (κ1) is 27.1. The number of nitrogens with zero attached hydrogens (tertiary/aromatic N) is 3.